The van der Waals surface area contributed by atoms with E-state index in [1.807, 2.05) is 13.8 Å². The van der Waals surface area contributed by atoms with Crippen molar-refractivity contribution in [3.8, 4) is 33.8 Å². The van der Waals surface area contributed by atoms with E-state index < -0.39 is 93.0 Å². The zero-order valence-electron chi connectivity index (χ0n) is 30.5. The molecule has 6 aromatic rings. The second kappa shape index (κ2) is 17.8. The van der Waals surface area contributed by atoms with Gasteiger partial charge in [-0.05, 0) is 70.5 Å². The van der Waals surface area contributed by atoms with E-state index in [1.165, 1.54) is 0 Å². The third-order valence-corrected chi connectivity index (χ3v) is 8.59. The highest BCUT2D eigenvalue weighted by atomic mass is 19.3. The SMILES string of the molecule is CCCc1ccc(-c2cc(F)c(C(F)(F)Oc3cc(F)c(F)c(F)c3)c(F)c2)cc1.CCc1ccc(-c2cc(F)c(C(F)(F)Oc3cc(F)c(F)c(F)c3)c(F)c2)cc1. The maximum atomic E-state index is 14.4. The molecule has 0 fully saturated rings. The van der Waals surface area contributed by atoms with E-state index in [0.29, 0.717) is 35.4 Å². The van der Waals surface area contributed by atoms with Crippen LogP contribution < -0.4 is 9.47 Å². The fourth-order valence-corrected chi connectivity index (χ4v) is 5.70. The minimum Gasteiger partial charge on any atom is -0.429 e. The average molecular weight is 843 g/mol. The highest BCUT2D eigenvalue weighted by Gasteiger charge is 2.43. The van der Waals surface area contributed by atoms with Crippen LogP contribution in [0, 0.1) is 58.2 Å². The molecular weight excluding hydrogens is 814 g/mol. The number of halogens is 14. The summed E-state index contributed by atoms with van der Waals surface area (Å²) in [5.74, 6) is -19.7. The summed E-state index contributed by atoms with van der Waals surface area (Å²) < 4.78 is 202. The molecule has 16 heteroatoms. The number of alkyl halides is 4. The van der Waals surface area contributed by atoms with Crippen LogP contribution in [-0.4, -0.2) is 0 Å². The van der Waals surface area contributed by atoms with Crippen LogP contribution in [0.25, 0.3) is 22.3 Å². The van der Waals surface area contributed by atoms with Gasteiger partial charge < -0.3 is 9.47 Å². The quantitative estimate of drug-likeness (QED) is 0.0956. The molecule has 0 amide bonds. The van der Waals surface area contributed by atoms with Crippen LogP contribution in [0.3, 0.4) is 0 Å². The van der Waals surface area contributed by atoms with Gasteiger partial charge in [-0.3, -0.25) is 0 Å². The standard InChI is InChI=1S/C22H15F7O.C21H13F7O/c1-2-3-12-4-6-13(7-5-12)14-8-16(23)20(17(24)9-14)22(28,29)30-15-10-18(25)21(27)19(26)11-15;1-2-11-3-5-12(6-4-11)13-7-15(22)19(16(23)8-13)21(27,28)29-14-9-17(24)20(26)18(25)10-14/h4-11H,2-3H2,1H3;3-10H,2H2,1H3. The molecule has 0 aliphatic heterocycles. The fourth-order valence-electron chi connectivity index (χ4n) is 5.70. The van der Waals surface area contributed by atoms with Crippen molar-refractivity contribution in [2.75, 3.05) is 0 Å². The maximum Gasteiger partial charge on any atom is 0.432 e. The molecule has 0 saturated carbocycles. The van der Waals surface area contributed by atoms with Crippen LogP contribution in [-0.2, 0) is 25.1 Å². The van der Waals surface area contributed by atoms with E-state index in [2.05, 4.69) is 9.47 Å². The van der Waals surface area contributed by atoms with Crippen LogP contribution in [0.1, 0.15) is 42.5 Å². The van der Waals surface area contributed by atoms with Crippen molar-refractivity contribution in [1.29, 1.82) is 0 Å². The van der Waals surface area contributed by atoms with E-state index in [4.69, 9.17) is 0 Å². The molecule has 0 atom stereocenters. The van der Waals surface area contributed by atoms with E-state index in [0.717, 1.165) is 30.4 Å². The lowest BCUT2D eigenvalue weighted by Gasteiger charge is -2.20. The molecule has 0 spiro atoms. The predicted octanol–water partition coefficient (Wildman–Crippen LogP) is 13.9. The Hall–Kier alpha value is -6.06. The van der Waals surface area contributed by atoms with Gasteiger partial charge in [0.05, 0.1) is 0 Å². The number of rotatable bonds is 11. The van der Waals surface area contributed by atoms with E-state index >= 15 is 0 Å². The van der Waals surface area contributed by atoms with Crippen LogP contribution in [0.5, 0.6) is 11.5 Å². The first-order chi connectivity index (χ1) is 27.7. The number of aryl methyl sites for hydroxylation is 2. The Morgan fingerprint density at radius 2 is 0.695 bits per heavy atom. The number of ether oxygens (including phenoxy) is 2. The van der Waals surface area contributed by atoms with Crippen molar-refractivity contribution in [2.45, 2.75) is 45.3 Å². The number of benzene rings is 6. The van der Waals surface area contributed by atoms with Gasteiger partial charge in [0.25, 0.3) is 0 Å². The van der Waals surface area contributed by atoms with Gasteiger partial charge in [0, 0.05) is 24.3 Å². The predicted molar refractivity (Wildman–Crippen MR) is 189 cm³/mol. The molecular formula is C43H28F14O2. The molecule has 0 aliphatic carbocycles. The molecule has 6 aromatic carbocycles. The maximum absolute atomic E-state index is 14.4. The van der Waals surface area contributed by atoms with Crippen molar-refractivity contribution in [2.24, 2.45) is 0 Å². The van der Waals surface area contributed by atoms with Crippen molar-refractivity contribution in [3.63, 3.8) is 0 Å². The Labute approximate surface area is 327 Å². The zero-order valence-corrected chi connectivity index (χ0v) is 30.5. The third kappa shape index (κ3) is 10.2. The molecule has 0 N–H and O–H groups in total. The van der Waals surface area contributed by atoms with Gasteiger partial charge in [-0.25, -0.2) is 43.9 Å². The monoisotopic (exact) mass is 842 g/mol. The minimum atomic E-state index is -4.62. The van der Waals surface area contributed by atoms with Crippen molar-refractivity contribution >= 4 is 0 Å². The van der Waals surface area contributed by atoms with Gasteiger partial charge in [0.1, 0.15) is 45.9 Å². The topological polar surface area (TPSA) is 18.5 Å². The first-order valence-corrected chi connectivity index (χ1v) is 17.3. The van der Waals surface area contributed by atoms with Gasteiger partial charge in [-0.15, -0.1) is 0 Å². The summed E-state index contributed by atoms with van der Waals surface area (Å²) in [5.41, 5.74) is -0.643. The van der Waals surface area contributed by atoms with Gasteiger partial charge in [0.2, 0.25) is 0 Å². The number of hydrogen-bond donors (Lipinski definition) is 0. The Morgan fingerprint density at radius 1 is 0.390 bits per heavy atom. The van der Waals surface area contributed by atoms with Crippen molar-refractivity contribution < 1.29 is 70.9 Å². The zero-order chi connectivity index (χ0) is 43.4. The van der Waals surface area contributed by atoms with Gasteiger partial charge in [-0.1, -0.05) is 68.8 Å². The lowest BCUT2D eigenvalue weighted by molar-refractivity contribution is -0.190. The van der Waals surface area contributed by atoms with Crippen molar-refractivity contribution in [1.82, 2.24) is 0 Å². The smallest absolute Gasteiger partial charge is 0.429 e. The first kappa shape index (κ1) is 44.1. The second-order valence-corrected chi connectivity index (χ2v) is 12.8. The highest BCUT2D eigenvalue weighted by molar-refractivity contribution is 5.65. The van der Waals surface area contributed by atoms with E-state index in [-0.39, 0.29) is 35.4 Å². The summed E-state index contributed by atoms with van der Waals surface area (Å²) in [6, 6.07) is 16.8. The Balaban J connectivity index is 0.000000224. The average Bonchev–Trinajstić information content (AvgIpc) is 3.15. The van der Waals surface area contributed by atoms with Gasteiger partial charge >= 0.3 is 12.2 Å². The molecule has 0 radical (unpaired) electrons. The summed E-state index contributed by atoms with van der Waals surface area (Å²) in [5, 5.41) is 0. The fraction of sp³-hybridized carbons (Fsp3) is 0.163. The molecule has 0 heterocycles. The molecule has 59 heavy (non-hydrogen) atoms. The molecule has 6 rings (SSSR count). The lowest BCUT2D eigenvalue weighted by Crippen LogP contribution is -2.25. The summed E-state index contributed by atoms with van der Waals surface area (Å²) >= 11 is 0. The Bertz CT molecular complexity index is 2360. The molecule has 0 saturated heterocycles. The van der Waals surface area contributed by atoms with Gasteiger partial charge in [0.15, 0.2) is 34.9 Å². The highest BCUT2D eigenvalue weighted by Crippen LogP contribution is 2.39. The lowest BCUT2D eigenvalue weighted by atomic mass is 10.00. The Kier molecular flexibility index (Phi) is 13.3. The van der Waals surface area contributed by atoms with Gasteiger partial charge in [-0.2, -0.15) is 17.6 Å². The molecule has 0 aliphatic rings. The molecule has 0 aromatic heterocycles. The largest absolute Gasteiger partial charge is 0.432 e. The summed E-state index contributed by atoms with van der Waals surface area (Å²) in [6.45, 7) is 3.92. The molecule has 2 nitrogen and oxygen atoms in total. The van der Waals surface area contributed by atoms with Crippen LogP contribution in [0.15, 0.2) is 97.1 Å². The van der Waals surface area contributed by atoms with E-state index in [1.54, 1.807) is 48.5 Å². The van der Waals surface area contributed by atoms with Crippen LogP contribution >= 0.6 is 0 Å². The summed E-state index contributed by atoms with van der Waals surface area (Å²) in [4.78, 5) is 0. The van der Waals surface area contributed by atoms with Crippen LogP contribution in [0.2, 0.25) is 0 Å². The second-order valence-electron chi connectivity index (χ2n) is 12.8. The summed E-state index contributed by atoms with van der Waals surface area (Å²) in [6.07, 6.45) is -6.76. The normalized spacial score (nSPS) is 11.6. The number of hydrogen-bond acceptors (Lipinski definition) is 2. The Morgan fingerprint density at radius 3 is 0.983 bits per heavy atom. The van der Waals surface area contributed by atoms with Crippen molar-refractivity contribution in [3.05, 3.63) is 177 Å². The van der Waals surface area contributed by atoms with E-state index in [9.17, 15) is 61.5 Å². The molecule has 310 valence electrons. The third-order valence-electron chi connectivity index (χ3n) is 8.59. The minimum absolute atomic E-state index is 0.0149. The molecule has 0 bridgehead atoms. The molecule has 0 unspecified atom stereocenters. The summed E-state index contributed by atoms with van der Waals surface area (Å²) in [7, 11) is 0. The van der Waals surface area contributed by atoms with Crippen LogP contribution in [0.4, 0.5) is 61.5 Å². The first-order valence-electron chi connectivity index (χ1n) is 17.3.